The zero-order chi connectivity index (χ0) is 60.9. The topological polar surface area (TPSA) is 356 Å². The lowest BCUT2D eigenvalue weighted by Gasteiger charge is -2.19. The van der Waals surface area contributed by atoms with Crippen LogP contribution in [0, 0.1) is 0 Å². The molecule has 2 aliphatic rings. The first kappa shape index (κ1) is 61.0. The van der Waals surface area contributed by atoms with Gasteiger partial charge in [-0.25, -0.2) is 66.7 Å². The highest BCUT2D eigenvalue weighted by Crippen LogP contribution is 2.46. The van der Waals surface area contributed by atoms with Gasteiger partial charge in [0.2, 0.25) is 11.8 Å². The predicted molar refractivity (Wildman–Crippen MR) is 312 cm³/mol. The van der Waals surface area contributed by atoms with E-state index in [2.05, 4.69) is 55.5 Å². The highest BCUT2D eigenvalue weighted by molar-refractivity contribution is 7.91. The van der Waals surface area contributed by atoms with Gasteiger partial charge < -0.3 is 30.0 Å². The first-order chi connectivity index (χ1) is 40.8. The molecule has 0 saturated heterocycles. The number of hydrogen-bond donors (Lipinski definition) is 3. The number of aromatic nitrogens is 14. The number of nitrogens with zero attached hydrogens (tertiary/aromatic N) is 14. The third kappa shape index (κ3) is 13.1. The molecule has 8 heterocycles. The molecular formula is C56H66N16O11S2. The van der Waals surface area contributed by atoms with Crippen LogP contribution in [0.2, 0.25) is 0 Å². The van der Waals surface area contributed by atoms with E-state index in [0.29, 0.717) is 52.8 Å². The smallest absolute Gasteiger partial charge is 0.303 e. The number of sulfone groups is 2. The molecule has 2 aliphatic carbocycles. The number of hydrogen-bond acceptors (Lipinski definition) is 25. The molecule has 0 spiro atoms. The second-order valence-electron chi connectivity index (χ2n) is 20.4. The Balaban J connectivity index is 0.000000204. The number of ether oxygens (including phenoxy) is 3. The molecule has 2 atom stereocenters. The molecule has 2 saturated carbocycles. The quantitative estimate of drug-likeness (QED) is 0.0604. The van der Waals surface area contributed by atoms with Gasteiger partial charge in [0.15, 0.2) is 54.3 Å². The monoisotopic (exact) mass is 1200 g/mol. The number of aliphatic hydroxyl groups excluding tert-OH is 1. The summed E-state index contributed by atoms with van der Waals surface area (Å²) in [4.78, 5) is 93.9. The largest absolute Gasteiger partial charge is 0.480 e. The fourth-order valence-electron chi connectivity index (χ4n) is 9.21. The second-order valence-corrected chi connectivity index (χ2v) is 24.9. The van der Waals surface area contributed by atoms with E-state index in [1.54, 1.807) is 35.1 Å². The van der Waals surface area contributed by atoms with E-state index in [1.165, 1.54) is 58.3 Å². The Morgan fingerprint density at radius 1 is 0.624 bits per heavy atom. The summed E-state index contributed by atoms with van der Waals surface area (Å²) in [6, 6.07) is 5.61. The van der Waals surface area contributed by atoms with Crippen LogP contribution >= 0.6 is 0 Å². The zero-order valence-corrected chi connectivity index (χ0v) is 50.2. The van der Waals surface area contributed by atoms with Crippen molar-refractivity contribution in [3.63, 3.8) is 0 Å². The summed E-state index contributed by atoms with van der Waals surface area (Å²) in [7, 11) is -3.75. The summed E-state index contributed by atoms with van der Waals surface area (Å²) in [5.41, 5.74) is 4.43. The van der Waals surface area contributed by atoms with Gasteiger partial charge in [-0.1, -0.05) is 27.7 Å². The number of anilines is 2. The molecule has 0 aromatic carbocycles. The average molecular weight is 1200 g/mol. The fraction of sp³-hybridized carbons (Fsp3) is 0.446. The fourth-order valence-corrected chi connectivity index (χ4v) is 10.9. The number of fused-ring (bicyclic) bond motifs is 2. The van der Waals surface area contributed by atoms with E-state index >= 15 is 0 Å². The number of carbonyl (C=O) groups excluding carboxylic acids is 1. The van der Waals surface area contributed by atoms with Crippen molar-refractivity contribution < 1.29 is 40.9 Å². The molecule has 3 N–H and O–H groups in total. The van der Waals surface area contributed by atoms with E-state index in [4.69, 9.17) is 29.2 Å². The number of nitrogens with one attached hydrogen (secondary N) is 2. The van der Waals surface area contributed by atoms with E-state index in [0.717, 1.165) is 37.1 Å². The molecule has 0 amide bonds. The number of methoxy groups -OCH3 is 2. The minimum atomic E-state index is -3.39. The van der Waals surface area contributed by atoms with Crippen LogP contribution in [-0.4, -0.2) is 123 Å². The van der Waals surface area contributed by atoms with E-state index < -0.39 is 43.4 Å². The molecule has 27 nitrogen and oxygen atoms in total. The van der Waals surface area contributed by atoms with Gasteiger partial charge in [0, 0.05) is 43.2 Å². The lowest BCUT2D eigenvalue weighted by molar-refractivity contribution is -0.142. The van der Waals surface area contributed by atoms with E-state index in [9.17, 15) is 36.3 Å². The Morgan fingerprint density at radius 2 is 1.05 bits per heavy atom. The van der Waals surface area contributed by atoms with Gasteiger partial charge in [-0.3, -0.25) is 33.5 Å². The first-order valence-corrected chi connectivity index (χ1v) is 31.1. The summed E-state index contributed by atoms with van der Waals surface area (Å²) in [6.45, 7) is 11.7. The molecule has 85 heavy (non-hydrogen) atoms. The number of aliphatic hydroxyl groups is 1. The number of pyridine rings is 2. The van der Waals surface area contributed by atoms with Crippen molar-refractivity contribution in [2.75, 3.05) is 36.4 Å². The Kier molecular flexibility index (Phi) is 18.5. The minimum absolute atomic E-state index is 0.0181. The first-order valence-electron chi connectivity index (χ1n) is 27.8. The molecule has 2 fully saturated rings. The number of rotatable bonds is 23. The zero-order valence-electron chi connectivity index (χ0n) is 48.5. The highest BCUT2D eigenvalue weighted by atomic mass is 32.2. The van der Waals surface area contributed by atoms with Crippen molar-refractivity contribution in [1.29, 1.82) is 0 Å². The third-order valence-corrected chi connectivity index (χ3v) is 18.1. The summed E-state index contributed by atoms with van der Waals surface area (Å²) in [6.07, 6.45) is 10.6. The maximum Gasteiger partial charge on any atom is 0.303 e. The molecular weight excluding hydrogens is 1140 g/mol. The molecule has 8 aromatic heterocycles. The van der Waals surface area contributed by atoms with Gasteiger partial charge in [0.25, 0.3) is 11.1 Å². The van der Waals surface area contributed by atoms with Gasteiger partial charge in [-0.2, -0.15) is 0 Å². The Bertz CT molecular complexity index is 4160. The van der Waals surface area contributed by atoms with Crippen LogP contribution in [0.1, 0.15) is 145 Å². The minimum Gasteiger partial charge on any atom is -0.480 e. The highest BCUT2D eigenvalue weighted by Gasteiger charge is 2.34. The van der Waals surface area contributed by atoms with Crippen LogP contribution < -0.4 is 31.2 Å². The standard InChI is InChI=1S/C29H34N8O6S.C27H32N8O5S/c1-6-16(3)37-27-24(35-26(29(37)39)31-12-19-10-11-20(13-30-19)44(40,41)7-2)21(14-43-17(4)38)34-25(36-27)22-23(18-8-9-18)32-15-33-28(22)42-5;1-5-15(3)35-25-22(33-24(27(35)37)29-11-17-9-10-18(12-28-17)41(38,39)6-2)19(13-36)32-23(34-25)20-21(16-7-8-16)30-14-31-26(20)40-4/h10-11,13,15-16,18H,6-9,12,14H2,1-5H3,(H,31,35);9-10,12,14-16,36H,5-8,11,13H2,1-4H3,(H,29,33)/t16-;15-/m11/s1. The van der Waals surface area contributed by atoms with Crippen molar-refractivity contribution in [2.24, 2.45) is 0 Å². The Hall–Kier alpha value is -8.57. The van der Waals surface area contributed by atoms with Crippen LogP contribution in [0.5, 0.6) is 11.8 Å². The lowest BCUT2D eigenvalue weighted by atomic mass is 10.1. The molecule has 0 aliphatic heterocycles. The molecule has 0 bridgehead atoms. The maximum atomic E-state index is 13.9. The predicted octanol–water partition coefficient (Wildman–Crippen LogP) is 6.16. The van der Waals surface area contributed by atoms with E-state index in [1.807, 2.05) is 27.7 Å². The van der Waals surface area contributed by atoms with Crippen LogP contribution in [0.3, 0.4) is 0 Å². The van der Waals surface area contributed by atoms with E-state index in [-0.39, 0.29) is 116 Å². The average Bonchev–Trinajstić information content (AvgIpc) is 2.68. The molecule has 8 aromatic rings. The third-order valence-electron chi connectivity index (χ3n) is 14.6. The van der Waals surface area contributed by atoms with Crippen molar-refractivity contribution in [3.05, 3.63) is 104 Å². The van der Waals surface area contributed by atoms with Crippen LogP contribution in [0.25, 0.3) is 45.1 Å². The molecule has 0 unspecified atom stereocenters. The van der Waals surface area contributed by atoms with Crippen LogP contribution in [-0.2, 0) is 55.5 Å². The molecule has 10 rings (SSSR count). The van der Waals surface area contributed by atoms with Gasteiger partial charge in [-0.05, 0) is 76.6 Å². The molecule has 29 heteroatoms. The van der Waals surface area contributed by atoms with Crippen molar-refractivity contribution >= 4 is 59.6 Å². The van der Waals surface area contributed by atoms with Crippen LogP contribution in [0.15, 0.2) is 68.7 Å². The van der Waals surface area contributed by atoms with Gasteiger partial charge in [0.1, 0.15) is 47.1 Å². The van der Waals surface area contributed by atoms with Gasteiger partial charge in [0.05, 0.1) is 83.7 Å². The summed E-state index contributed by atoms with van der Waals surface area (Å²) < 4.78 is 68.0. The van der Waals surface area contributed by atoms with Gasteiger partial charge >= 0.3 is 5.97 Å². The van der Waals surface area contributed by atoms with Crippen LogP contribution in [0.4, 0.5) is 11.6 Å². The normalized spacial score (nSPS) is 14.1. The Morgan fingerprint density at radius 3 is 1.40 bits per heavy atom. The lowest BCUT2D eigenvalue weighted by Crippen LogP contribution is -2.29. The van der Waals surface area contributed by atoms with Gasteiger partial charge in [-0.15, -0.1) is 0 Å². The van der Waals surface area contributed by atoms with Crippen molar-refractivity contribution in [3.8, 4) is 34.5 Å². The van der Waals surface area contributed by atoms with Crippen molar-refractivity contribution in [2.45, 2.75) is 147 Å². The summed E-state index contributed by atoms with van der Waals surface area (Å²) >= 11 is 0. The molecule has 0 radical (unpaired) electrons. The second kappa shape index (κ2) is 25.7. The number of esters is 1. The number of carbonyl (C=O) groups is 1. The summed E-state index contributed by atoms with van der Waals surface area (Å²) in [5, 5.41) is 16.4. The SMILES string of the molecule is CC[C@@H](C)n1c(=O)c(NCc2ccc(S(=O)(=O)CC)cn2)nc2c(CO)nc(-c3c(OC)ncnc3C3CC3)nc21.CC[C@@H](C)n1c(=O)c(NCc2ccc(S(=O)(=O)CC)cn2)nc2c(COC(C)=O)nc(-c3c(OC)ncnc3C3CC3)nc21. The maximum absolute atomic E-state index is 13.9. The molecule has 448 valence electrons. The Labute approximate surface area is 489 Å². The van der Waals surface area contributed by atoms with Crippen molar-refractivity contribution in [1.82, 2.24) is 68.9 Å². The summed E-state index contributed by atoms with van der Waals surface area (Å²) in [5.74, 6) is 1.06.